The van der Waals surface area contributed by atoms with Gasteiger partial charge in [0.2, 0.25) is 0 Å². The van der Waals surface area contributed by atoms with Crippen molar-refractivity contribution in [2.45, 2.75) is 25.6 Å². The largest absolute Gasteiger partial charge is 0.497 e. The van der Waals surface area contributed by atoms with Gasteiger partial charge in [0.05, 0.1) is 13.7 Å². The molecular formula is C15H23BrO3. The highest BCUT2D eigenvalue weighted by molar-refractivity contribution is 9.08. The van der Waals surface area contributed by atoms with E-state index in [1.807, 2.05) is 18.2 Å². The van der Waals surface area contributed by atoms with Crippen LogP contribution in [0.4, 0.5) is 0 Å². The van der Waals surface area contributed by atoms with Crippen LogP contribution in [-0.2, 0) is 10.1 Å². The number of halogens is 1. The SMILES string of the molecule is COc1ccc(OCCOCCC(C)C)c(CBr)c1. The first-order valence-corrected chi connectivity index (χ1v) is 7.73. The van der Waals surface area contributed by atoms with Gasteiger partial charge >= 0.3 is 0 Å². The topological polar surface area (TPSA) is 27.7 Å². The van der Waals surface area contributed by atoms with E-state index >= 15 is 0 Å². The molecule has 0 aliphatic carbocycles. The van der Waals surface area contributed by atoms with Crippen molar-refractivity contribution in [3.05, 3.63) is 23.8 Å². The summed E-state index contributed by atoms with van der Waals surface area (Å²) in [5.41, 5.74) is 1.08. The van der Waals surface area contributed by atoms with Crippen LogP contribution in [0.3, 0.4) is 0 Å². The number of ether oxygens (including phenoxy) is 3. The average Bonchev–Trinajstić information content (AvgIpc) is 2.42. The number of hydrogen-bond acceptors (Lipinski definition) is 3. The number of hydrogen-bond donors (Lipinski definition) is 0. The molecule has 0 amide bonds. The molecule has 0 atom stereocenters. The smallest absolute Gasteiger partial charge is 0.123 e. The Balaban J connectivity index is 2.32. The molecule has 108 valence electrons. The zero-order valence-corrected chi connectivity index (χ0v) is 13.5. The molecule has 0 aliphatic rings. The highest BCUT2D eigenvalue weighted by atomic mass is 79.9. The molecular weight excluding hydrogens is 308 g/mol. The van der Waals surface area contributed by atoms with Gasteiger partial charge in [0.15, 0.2) is 0 Å². The molecule has 1 aromatic carbocycles. The van der Waals surface area contributed by atoms with Gasteiger partial charge in [0, 0.05) is 17.5 Å². The zero-order chi connectivity index (χ0) is 14.1. The maximum Gasteiger partial charge on any atom is 0.123 e. The van der Waals surface area contributed by atoms with Crippen molar-refractivity contribution in [2.24, 2.45) is 5.92 Å². The monoisotopic (exact) mass is 330 g/mol. The van der Waals surface area contributed by atoms with Crippen molar-refractivity contribution < 1.29 is 14.2 Å². The Labute approximate surface area is 124 Å². The highest BCUT2D eigenvalue weighted by Gasteiger charge is 2.04. The molecule has 0 radical (unpaired) electrons. The Morgan fingerprint density at radius 3 is 2.58 bits per heavy atom. The lowest BCUT2D eigenvalue weighted by atomic mass is 10.1. The van der Waals surface area contributed by atoms with Gasteiger partial charge in [0.1, 0.15) is 18.1 Å². The van der Waals surface area contributed by atoms with Crippen LogP contribution < -0.4 is 9.47 Å². The molecule has 0 aromatic heterocycles. The maximum atomic E-state index is 5.72. The second-order valence-electron chi connectivity index (χ2n) is 4.75. The van der Waals surface area contributed by atoms with E-state index in [2.05, 4.69) is 29.8 Å². The lowest BCUT2D eigenvalue weighted by Crippen LogP contribution is -2.09. The van der Waals surface area contributed by atoms with Gasteiger partial charge < -0.3 is 14.2 Å². The summed E-state index contributed by atoms with van der Waals surface area (Å²) in [6.45, 7) is 6.39. The van der Waals surface area contributed by atoms with Crippen molar-refractivity contribution in [1.29, 1.82) is 0 Å². The van der Waals surface area contributed by atoms with Crippen LogP contribution in [0.25, 0.3) is 0 Å². The predicted octanol–water partition coefficient (Wildman–Crippen LogP) is 4.03. The third kappa shape index (κ3) is 6.30. The van der Waals surface area contributed by atoms with E-state index in [4.69, 9.17) is 14.2 Å². The maximum absolute atomic E-state index is 5.72. The second kappa shape index (κ2) is 9.21. The fourth-order valence-electron chi connectivity index (χ4n) is 1.56. The summed E-state index contributed by atoms with van der Waals surface area (Å²) in [5, 5.41) is 0.744. The molecule has 0 heterocycles. The minimum Gasteiger partial charge on any atom is -0.497 e. The Bertz CT molecular complexity index is 366. The first-order valence-electron chi connectivity index (χ1n) is 6.60. The summed E-state index contributed by atoms with van der Waals surface area (Å²) in [5.74, 6) is 2.41. The molecule has 0 N–H and O–H groups in total. The Kier molecular flexibility index (Phi) is 7.91. The normalized spacial score (nSPS) is 10.8. The van der Waals surface area contributed by atoms with Crippen LogP contribution in [0, 0.1) is 5.92 Å². The summed E-state index contributed by atoms with van der Waals surface area (Å²) in [6.07, 6.45) is 1.09. The summed E-state index contributed by atoms with van der Waals surface area (Å²) >= 11 is 3.45. The number of benzene rings is 1. The Morgan fingerprint density at radius 2 is 1.95 bits per heavy atom. The van der Waals surface area contributed by atoms with Crippen LogP contribution in [0.15, 0.2) is 18.2 Å². The minimum absolute atomic E-state index is 0.574. The van der Waals surface area contributed by atoms with Crippen molar-refractivity contribution in [3.8, 4) is 11.5 Å². The Hall–Kier alpha value is -0.740. The van der Waals surface area contributed by atoms with Gasteiger partial charge in [0.25, 0.3) is 0 Å². The summed E-state index contributed by atoms with van der Waals surface area (Å²) in [7, 11) is 1.66. The average molecular weight is 331 g/mol. The molecule has 0 unspecified atom stereocenters. The molecule has 3 nitrogen and oxygen atoms in total. The summed E-state index contributed by atoms with van der Waals surface area (Å²) < 4.78 is 16.4. The first kappa shape index (κ1) is 16.3. The fraction of sp³-hybridized carbons (Fsp3) is 0.600. The molecule has 0 saturated heterocycles. The fourth-order valence-corrected chi connectivity index (χ4v) is 2.00. The van der Waals surface area contributed by atoms with Gasteiger partial charge in [-0.2, -0.15) is 0 Å². The van der Waals surface area contributed by atoms with E-state index in [0.29, 0.717) is 19.1 Å². The van der Waals surface area contributed by atoms with Crippen LogP contribution in [-0.4, -0.2) is 26.9 Å². The molecule has 0 saturated carbocycles. The zero-order valence-electron chi connectivity index (χ0n) is 11.9. The number of alkyl halides is 1. The van der Waals surface area contributed by atoms with Crippen LogP contribution in [0.5, 0.6) is 11.5 Å². The number of methoxy groups -OCH3 is 1. The minimum atomic E-state index is 0.574. The van der Waals surface area contributed by atoms with Gasteiger partial charge in [-0.1, -0.05) is 29.8 Å². The Morgan fingerprint density at radius 1 is 1.16 bits per heavy atom. The van der Waals surface area contributed by atoms with Crippen molar-refractivity contribution in [3.63, 3.8) is 0 Å². The molecule has 0 bridgehead atoms. The molecule has 0 spiro atoms. The van der Waals surface area contributed by atoms with Crippen LogP contribution in [0.2, 0.25) is 0 Å². The van der Waals surface area contributed by atoms with E-state index in [1.165, 1.54) is 0 Å². The van der Waals surface area contributed by atoms with Crippen molar-refractivity contribution >= 4 is 15.9 Å². The number of rotatable bonds is 9. The second-order valence-corrected chi connectivity index (χ2v) is 5.31. The molecule has 19 heavy (non-hydrogen) atoms. The van der Waals surface area contributed by atoms with E-state index in [9.17, 15) is 0 Å². The third-order valence-corrected chi connectivity index (χ3v) is 3.34. The van der Waals surface area contributed by atoms with Gasteiger partial charge in [-0.25, -0.2) is 0 Å². The third-order valence-electron chi connectivity index (χ3n) is 2.74. The van der Waals surface area contributed by atoms with Crippen molar-refractivity contribution in [1.82, 2.24) is 0 Å². The summed E-state index contributed by atoms with van der Waals surface area (Å²) in [4.78, 5) is 0. The lowest BCUT2D eigenvalue weighted by Gasteiger charge is -2.12. The van der Waals surface area contributed by atoms with Crippen molar-refractivity contribution in [2.75, 3.05) is 26.9 Å². The molecule has 0 aliphatic heterocycles. The highest BCUT2D eigenvalue weighted by Crippen LogP contribution is 2.26. The van der Waals surface area contributed by atoms with E-state index in [-0.39, 0.29) is 0 Å². The molecule has 0 fully saturated rings. The lowest BCUT2D eigenvalue weighted by molar-refractivity contribution is 0.0923. The molecule has 1 rings (SSSR count). The van der Waals surface area contributed by atoms with E-state index in [1.54, 1.807) is 7.11 Å². The molecule has 1 aromatic rings. The van der Waals surface area contributed by atoms with E-state index in [0.717, 1.165) is 35.4 Å². The van der Waals surface area contributed by atoms with Crippen LogP contribution >= 0.6 is 15.9 Å². The quantitative estimate of drug-likeness (QED) is 0.505. The summed E-state index contributed by atoms with van der Waals surface area (Å²) in [6, 6.07) is 5.81. The van der Waals surface area contributed by atoms with Gasteiger partial charge in [-0.15, -0.1) is 0 Å². The predicted molar refractivity (Wildman–Crippen MR) is 81.4 cm³/mol. The van der Waals surface area contributed by atoms with Crippen LogP contribution in [0.1, 0.15) is 25.8 Å². The standard InChI is InChI=1S/C15H23BrO3/c1-12(2)6-7-18-8-9-19-15-5-4-14(17-3)10-13(15)11-16/h4-5,10,12H,6-9,11H2,1-3H3. The van der Waals surface area contributed by atoms with E-state index < -0.39 is 0 Å². The first-order chi connectivity index (χ1) is 9.17. The molecule has 4 heteroatoms. The van der Waals surface area contributed by atoms with Gasteiger partial charge in [-0.3, -0.25) is 0 Å². The van der Waals surface area contributed by atoms with Gasteiger partial charge in [-0.05, 0) is 30.5 Å².